The maximum atomic E-state index is 13.0. The summed E-state index contributed by atoms with van der Waals surface area (Å²) >= 11 is 0. The molecule has 0 unspecified atom stereocenters. The van der Waals surface area contributed by atoms with Crippen molar-refractivity contribution in [3.05, 3.63) is 65.7 Å². The highest BCUT2D eigenvalue weighted by atomic mass is 16.2. The molecule has 4 rings (SSSR count). The molecule has 0 aliphatic carbocycles. The molecule has 152 valence electrons. The van der Waals surface area contributed by atoms with Gasteiger partial charge in [0.25, 0.3) is 5.91 Å². The number of nitrogens with zero attached hydrogens (tertiary/aromatic N) is 2. The van der Waals surface area contributed by atoms with E-state index in [1.165, 1.54) is 0 Å². The fraction of sp³-hybridized carbons (Fsp3) is 0.174. The number of nitrogens with two attached hydrogens (primary N) is 1. The number of aromatic amines is 1. The number of carbonyl (C=O) groups is 2. The van der Waals surface area contributed by atoms with E-state index in [4.69, 9.17) is 10.7 Å². The molecular weight excluding hydrogens is 378 g/mol. The van der Waals surface area contributed by atoms with Crippen molar-refractivity contribution in [1.29, 1.82) is 0 Å². The first-order valence-electron chi connectivity index (χ1n) is 9.68. The topological polar surface area (TPSA) is 104 Å². The Labute approximate surface area is 173 Å². The van der Waals surface area contributed by atoms with Gasteiger partial charge in [0.15, 0.2) is 0 Å². The Morgan fingerprint density at radius 3 is 2.57 bits per heavy atom. The highest BCUT2D eigenvalue weighted by molar-refractivity contribution is 6.15. The summed E-state index contributed by atoms with van der Waals surface area (Å²) in [6.45, 7) is 1.27. The molecule has 0 saturated heterocycles. The van der Waals surface area contributed by atoms with E-state index in [0.717, 1.165) is 17.5 Å². The zero-order chi connectivity index (χ0) is 21.3. The highest BCUT2D eigenvalue weighted by Gasteiger charge is 2.18. The monoisotopic (exact) mass is 401 g/mol. The number of fused-ring (bicyclic) bond motifs is 3. The summed E-state index contributed by atoms with van der Waals surface area (Å²) in [7, 11) is 3.91. The molecule has 4 aromatic rings. The number of aromatic nitrogens is 2. The molecule has 7 heteroatoms. The van der Waals surface area contributed by atoms with E-state index in [9.17, 15) is 9.59 Å². The lowest BCUT2D eigenvalue weighted by molar-refractivity contribution is 0.0951. The minimum absolute atomic E-state index is 0.178. The number of carbonyl (C=O) groups excluding carboxylic acids is 2. The molecule has 7 nitrogen and oxygen atoms in total. The summed E-state index contributed by atoms with van der Waals surface area (Å²) < 4.78 is 0. The molecule has 2 amide bonds. The average Bonchev–Trinajstić information content (AvgIpc) is 3.11. The quantitative estimate of drug-likeness (QED) is 0.462. The molecular formula is C23H23N5O2. The van der Waals surface area contributed by atoms with Crippen LogP contribution in [0, 0.1) is 0 Å². The highest BCUT2D eigenvalue weighted by Crippen LogP contribution is 2.30. The molecule has 2 aromatic carbocycles. The van der Waals surface area contributed by atoms with Gasteiger partial charge in [-0.15, -0.1) is 0 Å². The maximum Gasteiger partial charge on any atom is 0.253 e. The number of amides is 2. The maximum absolute atomic E-state index is 13.0. The van der Waals surface area contributed by atoms with Crippen LogP contribution in [0.2, 0.25) is 0 Å². The van der Waals surface area contributed by atoms with Gasteiger partial charge in [-0.1, -0.05) is 30.3 Å². The SMILES string of the molecule is CN(C)CCNC(=O)c1cc(-c2ccccc2)nc2c1[nH]c1cc(C(N)=O)ccc12. The summed E-state index contributed by atoms with van der Waals surface area (Å²) in [6.07, 6.45) is 0. The van der Waals surface area contributed by atoms with E-state index in [2.05, 4.69) is 10.3 Å². The average molecular weight is 401 g/mol. The lowest BCUT2D eigenvalue weighted by atomic mass is 10.1. The minimum Gasteiger partial charge on any atom is -0.366 e. The van der Waals surface area contributed by atoms with Crippen molar-refractivity contribution in [3.8, 4) is 11.3 Å². The first-order chi connectivity index (χ1) is 14.4. The Hall–Kier alpha value is -3.71. The molecule has 0 fully saturated rings. The molecule has 0 bridgehead atoms. The van der Waals surface area contributed by atoms with Crippen LogP contribution >= 0.6 is 0 Å². The Morgan fingerprint density at radius 1 is 1.10 bits per heavy atom. The number of H-pyrrole nitrogens is 1. The van der Waals surface area contributed by atoms with Crippen LogP contribution in [-0.4, -0.2) is 53.9 Å². The van der Waals surface area contributed by atoms with E-state index in [1.54, 1.807) is 18.2 Å². The van der Waals surface area contributed by atoms with Crippen LogP contribution in [0.5, 0.6) is 0 Å². The van der Waals surface area contributed by atoms with Crippen molar-refractivity contribution < 1.29 is 9.59 Å². The van der Waals surface area contributed by atoms with Gasteiger partial charge in [-0.3, -0.25) is 9.59 Å². The Bertz CT molecular complexity index is 1240. The normalized spacial score (nSPS) is 11.3. The number of hydrogen-bond acceptors (Lipinski definition) is 4. The molecule has 2 heterocycles. The number of primary amides is 1. The zero-order valence-electron chi connectivity index (χ0n) is 16.9. The molecule has 0 aliphatic heterocycles. The predicted molar refractivity (Wildman–Crippen MR) is 118 cm³/mol. The van der Waals surface area contributed by atoms with Crippen molar-refractivity contribution in [2.45, 2.75) is 0 Å². The van der Waals surface area contributed by atoms with Crippen molar-refractivity contribution >= 4 is 33.8 Å². The number of benzene rings is 2. The lowest BCUT2D eigenvalue weighted by Gasteiger charge is -2.11. The van der Waals surface area contributed by atoms with Gasteiger partial charge < -0.3 is 20.9 Å². The summed E-state index contributed by atoms with van der Waals surface area (Å²) in [5.74, 6) is -0.682. The second kappa shape index (κ2) is 7.96. The number of likely N-dealkylation sites (N-methyl/N-ethyl adjacent to an activating group) is 1. The van der Waals surface area contributed by atoms with Gasteiger partial charge in [0.2, 0.25) is 5.91 Å². The predicted octanol–water partition coefficient (Wildman–Crippen LogP) is 2.77. The van der Waals surface area contributed by atoms with Gasteiger partial charge in [-0.2, -0.15) is 0 Å². The van der Waals surface area contributed by atoms with Crippen LogP contribution in [0.4, 0.5) is 0 Å². The van der Waals surface area contributed by atoms with Gasteiger partial charge in [0.1, 0.15) is 0 Å². The molecule has 0 spiro atoms. The number of rotatable bonds is 6. The molecule has 0 aliphatic rings. The fourth-order valence-corrected chi connectivity index (χ4v) is 3.43. The molecule has 0 radical (unpaired) electrons. The Morgan fingerprint density at radius 2 is 1.87 bits per heavy atom. The molecule has 0 saturated carbocycles. The van der Waals surface area contributed by atoms with Crippen LogP contribution in [0.1, 0.15) is 20.7 Å². The zero-order valence-corrected chi connectivity index (χ0v) is 16.9. The standard InChI is InChI=1S/C23H23N5O2/c1-28(2)11-10-25-23(30)17-13-18(14-6-4-3-5-7-14)26-20-16-9-8-15(22(24)29)12-19(16)27-21(17)20/h3-9,12-13,27H,10-11H2,1-2H3,(H2,24,29)(H,25,30). The third-order valence-corrected chi connectivity index (χ3v) is 5.00. The number of hydrogen-bond donors (Lipinski definition) is 3. The van der Waals surface area contributed by atoms with E-state index in [-0.39, 0.29) is 5.91 Å². The van der Waals surface area contributed by atoms with Crippen molar-refractivity contribution in [2.75, 3.05) is 27.2 Å². The van der Waals surface area contributed by atoms with Crippen molar-refractivity contribution in [1.82, 2.24) is 20.2 Å². The summed E-state index contributed by atoms with van der Waals surface area (Å²) in [6, 6.07) is 16.7. The first-order valence-corrected chi connectivity index (χ1v) is 9.68. The Balaban J connectivity index is 1.89. The molecule has 4 N–H and O–H groups in total. The number of pyridine rings is 1. The van der Waals surface area contributed by atoms with Crippen LogP contribution in [0.3, 0.4) is 0 Å². The van der Waals surface area contributed by atoms with Gasteiger partial charge in [0, 0.05) is 35.1 Å². The van der Waals surface area contributed by atoms with Crippen molar-refractivity contribution in [3.63, 3.8) is 0 Å². The molecule has 2 aromatic heterocycles. The van der Waals surface area contributed by atoms with Crippen LogP contribution < -0.4 is 11.1 Å². The summed E-state index contributed by atoms with van der Waals surface area (Å²) in [4.78, 5) is 34.7. The van der Waals surface area contributed by atoms with E-state index < -0.39 is 5.91 Å². The summed E-state index contributed by atoms with van der Waals surface area (Å²) in [5, 5.41) is 3.80. The fourth-order valence-electron chi connectivity index (χ4n) is 3.43. The van der Waals surface area contributed by atoms with Gasteiger partial charge in [-0.05, 0) is 38.4 Å². The second-order valence-corrected chi connectivity index (χ2v) is 7.45. The third-order valence-electron chi connectivity index (χ3n) is 5.00. The van der Waals surface area contributed by atoms with E-state index in [1.807, 2.05) is 55.4 Å². The van der Waals surface area contributed by atoms with Crippen LogP contribution in [0.25, 0.3) is 33.2 Å². The van der Waals surface area contributed by atoms with Gasteiger partial charge >= 0.3 is 0 Å². The first kappa shape index (κ1) is 19.6. The molecule has 0 atom stereocenters. The van der Waals surface area contributed by atoms with E-state index in [0.29, 0.717) is 39.9 Å². The smallest absolute Gasteiger partial charge is 0.253 e. The minimum atomic E-state index is -0.504. The van der Waals surface area contributed by atoms with Crippen LogP contribution in [0.15, 0.2) is 54.6 Å². The second-order valence-electron chi connectivity index (χ2n) is 7.45. The van der Waals surface area contributed by atoms with Crippen LogP contribution in [-0.2, 0) is 0 Å². The number of nitrogens with one attached hydrogen (secondary N) is 2. The largest absolute Gasteiger partial charge is 0.366 e. The summed E-state index contributed by atoms with van der Waals surface area (Å²) in [5.41, 5.74) is 9.98. The van der Waals surface area contributed by atoms with Crippen molar-refractivity contribution in [2.24, 2.45) is 5.73 Å². The lowest BCUT2D eigenvalue weighted by Crippen LogP contribution is -2.31. The van der Waals surface area contributed by atoms with Gasteiger partial charge in [0.05, 0.1) is 22.3 Å². The third kappa shape index (κ3) is 3.75. The Kier molecular flexibility index (Phi) is 5.20. The van der Waals surface area contributed by atoms with Gasteiger partial charge in [-0.25, -0.2) is 4.98 Å². The van der Waals surface area contributed by atoms with E-state index >= 15 is 0 Å². The molecule has 30 heavy (non-hydrogen) atoms.